The molecule has 0 radical (unpaired) electrons. The van der Waals surface area contributed by atoms with Crippen LogP contribution in [0.15, 0.2) is 0 Å². The van der Waals surface area contributed by atoms with Gasteiger partial charge in [0.1, 0.15) is 0 Å². The highest BCUT2D eigenvalue weighted by Gasteiger charge is 2.26. The molecule has 0 bridgehead atoms. The van der Waals surface area contributed by atoms with E-state index >= 15 is 0 Å². The van der Waals surface area contributed by atoms with Crippen molar-refractivity contribution < 1.29 is 41.6 Å². The zero-order valence-electron chi connectivity index (χ0n) is 20.9. The fraction of sp³-hybridized carbons (Fsp3) is 0.957. The van der Waals surface area contributed by atoms with Crippen LogP contribution in [-0.4, -0.2) is 61.9 Å². The maximum Gasteiger partial charge on any atom is 0.454 e. The lowest BCUT2D eigenvalue weighted by Crippen LogP contribution is -2.31. The van der Waals surface area contributed by atoms with Crippen LogP contribution in [0.1, 0.15) is 111 Å². The summed E-state index contributed by atoms with van der Waals surface area (Å²) in [6, 6.07) is 0. The third kappa shape index (κ3) is 25.7. The van der Waals surface area contributed by atoms with Gasteiger partial charge in [-0.1, -0.05) is 84.0 Å². The quantitative estimate of drug-likeness (QED) is 0.158. The second kappa shape index (κ2) is 24.3. The minimum absolute atomic E-state index is 0.0943. The van der Waals surface area contributed by atoms with Crippen LogP contribution < -0.4 is 0 Å². The van der Waals surface area contributed by atoms with Crippen molar-refractivity contribution in [1.29, 1.82) is 0 Å². The van der Waals surface area contributed by atoms with Crippen LogP contribution in [0.4, 0.5) is 0 Å². The van der Waals surface area contributed by atoms with Crippen LogP contribution in [0, 0.1) is 0 Å². The van der Waals surface area contributed by atoms with Crippen LogP contribution >= 0.6 is 0 Å². The Morgan fingerprint density at radius 1 is 0.758 bits per heavy atom. The molecule has 0 aliphatic rings. The smallest absolute Gasteiger partial charge is 0.393 e. The van der Waals surface area contributed by atoms with Gasteiger partial charge in [0.05, 0.1) is 6.61 Å². The van der Waals surface area contributed by atoms with Gasteiger partial charge in [0.15, 0.2) is 12.4 Å². The Morgan fingerprint density at radius 3 is 1.55 bits per heavy atom. The van der Waals surface area contributed by atoms with Crippen LogP contribution in [0.2, 0.25) is 0 Å². The van der Waals surface area contributed by atoms with Gasteiger partial charge in [0, 0.05) is 13.2 Å². The van der Waals surface area contributed by atoms with Crippen LogP contribution in [-0.2, 0) is 28.3 Å². The van der Waals surface area contributed by atoms with Gasteiger partial charge >= 0.3 is 16.4 Å². The maximum atomic E-state index is 11.4. The van der Waals surface area contributed by atoms with E-state index in [4.69, 9.17) is 14.9 Å². The van der Waals surface area contributed by atoms with E-state index in [1.807, 2.05) is 13.8 Å². The van der Waals surface area contributed by atoms with E-state index in [0.717, 1.165) is 32.5 Å². The summed E-state index contributed by atoms with van der Waals surface area (Å²) in [5, 5.41) is 27.1. The Kier molecular flexibility index (Phi) is 25.4. The van der Waals surface area contributed by atoms with Crippen molar-refractivity contribution in [1.82, 2.24) is 0 Å². The zero-order valence-corrected chi connectivity index (χ0v) is 21.7. The van der Waals surface area contributed by atoms with Crippen LogP contribution in [0.5, 0.6) is 0 Å². The molecular weight excluding hydrogens is 452 g/mol. The van der Waals surface area contributed by atoms with E-state index in [9.17, 15) is 18.3 Å². The summed E-state index contributed by atoms with van der Waals surface area (Å²) in [7, 11) is -4.77. The molecule has 0 spiro atoms. The number of carbonyl (C=O) groups excluding carboxylic acids is 1. The fourth-order valence-corrected chi connectivity index (χ4v) is 3.70. The van der Waals surface area contributed by atoms with E-state index in [1.54, 1.807) is 0 Å². The zero-order chi connectivity index (χ0) is 25.4. The molecule has 0 heterocycles. The number of hydrogen-bond acceptors (Lipinski definition) is 9. The first-order valence-corrected chi connectivity index (χ1v) is 13.8. The number of aliphatic hydroxyl groups is 3. The van der Waals surface area contributed by atoms with Crippen LogP contribution in [0.3, 0.4) is 0 Å². The van der Waals surface area contributed by atoms with E-state index in [1.165, 1.54) is 57.8 Å². The Morgan fingerprint density at radius 2 is 1.18 bits per heavy atom. The molecule has 0 saturated heterocycles. The minimum Gasteiger partial charge on any atom is -0.393 e. The highest BCUT2D eigenvalue weighted by Crippen LogP contribution is 2.14. The second-order valence-corrected chi connectivity index (χ2v) is 9.05. The number of unbranched alkanes of at least 4 members (excludes halogenated alkanes) is 12. The predicted octanol–water partition coefficient (Wildman–Crippen LogP) is 3.99. The van der Waals surface area contributed by atoms with Crippen molar-refractivity contribution in [3.05, 3.63) is 0 Å². The molecule has 0 aromatic carbocycles. The fourth-order valence-electron chi connectivity index (χ4n) is 2.98. The molecule has 0 aromatic rings. The van der Waals surface area contributed by atoms with Crippen molar-refractivity contribution in [3.63, 3.8) is 0 Å². The molecule has 200 valence electrons. The van der Waals surface area contributed by atoms with E-state index < -0.39 is 35.4 Å². The lowest BCUT2D eigenvalue weighted by atomic mass is 10.0. The molecule has 10 heteroatoms. The van der Waals surface area contributed by atoms with E-state index in [0.29, 0.717) is 6.42 Å². The van der Waals surface area contributed by atoms with Gasteiger partial charge in [0.2, 0.25) is 0 Å². The second-order valence-electron chi connectivity index (χ2n) is 7.87. The van der Waals surface area contributed by atoms with Crippen molar-refractivity contribution >= 4 is 16.4 Å². The number of hydrogen-bond donors (Lipinski definition) is 3. The first-order valence-electron chi connectivity index (χ1n) is 12.4. The number of carbonyl (C=O) groups is 1. The normalized spacial score (nSPS) is 13.2. The van der Waals surface area contributed by atoms with Gasteiger partial charge in [-0.25, -0.2) is 8.98 Å². The number of ether oxygens (including phenoxy) is 1. The summed E-state index contributed by atoms with van der Waals surface area (Å²) in [6.07, 6.45) is 11.7. The SMILES string of the molecule is CCCCCCCCCCCCCCCC(O)OS(=O)(=O)OC(=O)C(O)CO.CCOCC. The third-order valence-electron chi connectivity index (χ3n) is 4.82. The molecule has 0 amide bonds. The molecule has 0 aromatic heterocycles. The minimum atomic E-state index is -4.77. The third-order valence-corrected chi connectivity index (χ3v) is 5.65. The van der Waals surface area contributed by atoms with E-state index in [-0.39, 0.29) is 6.42 Å². The lowest BCUT2D eigenvalue weighted by Gasteiger charge is -2.12. The Labute approximate surface area is 201 Å². The molecule has 0 aliphatic heterocycles. The van der Waals surface area contributed by atoms with Gasteiger partial charge in [-0.2, -0.15) is 8.42 Å². The highest BCUT2D eigenvalue weighted by atomic mass is 32.3. The summed E-state index contributed by atoms with van der Waals surface area (Å²) >= 11 is 0. The first kappa shape index (κ1) is 34.4. The average molecular weight is 501 g/mol. The largest absolute Gasteiger partial charge is 0.454 e. The number of rotatable bonds is 21. The molecule has 0 fully saturated rings. The van der Waals surface area contributed by atoms with E-state index in [2.05, 4.69) is 15.3 Å². The summed E-state index contributed by atoms with van der Waals surface area (Å²) in [4.78, 5) is 11.1. The molecule has 3 N–H and O–H groups in total. The summed E-state index contributed by atoms with van der Waals surface area (Å²) < 4.78 is 35.8. The molecular formula is C23H48O9S. The molecule has 33 heavy (non-hydrogen) atoms. The van der Waals surface area contributed by atoms with Gasteiger partial charge in [-0.15, -0.1) is 0 Å². The Balaban J connectivity index is 0. The molecule has 0 saturated carbocycles. The predicted molar refractivity (Wildman–Crippen MR) is 128 cm³/mol. The molecule has 0 aliphatic carbocycles. The molecule has 9 nitrogen and oxygen atoms in total. The van der Waals surface area contributed by atoms with Gasteiger partial charge in [-0.05, 0) is 26.7 Å². The maximum absolute atomic E-state index is 11.4. The standard InChI is InChI=1S/C19H38O8S.C4H10O/c1-2-3-4-5-6-7-8-9-10-11-12-13-14-15-18(22)26-28(24,25)27-19(23)17(21)16-20;1-3-5-4-2/h17-18,20-22H,2-16H2,1H3;3-4H2,1-2H3. The highest BCUT2D eigenvalue weighted by molar-refractivity contribution is 7.82. The van der Waals surface area contributed by atoms with Crippen molar-refractivity contribution in [3.8, 4) is 0 Å². The van der Waals surface area contributed by atoms with Gasteiger partial charge in [-0.3, -0.25) is 0 Å². The molecule has 0 rings (SSSR count). The average Bonchev–Trinajstić information content (AvgIpc) is 2.76. The summed E-state index contributed by atoms with van der Waals surface area (Å²) in [5.74, 6) is -1.56. The van der Waals surface area contributed by atoms with Crippen LogP contribution in [0.25, 0.3) is 0 Å². The van der Waals surface area contributed by atoms with Gasteiger partial charge in [0.25, 0.3) is 0 Å². The monoisotopic (exact) mass is 500 g/mol. The Bertz CT molecular complexity index is 524. The molecule has 2 atom stereocenters. The summed E-state index contributed by atoms with van der Waals surface area (Å²) in [6.45, 7) is 6.91. The molecule has 2 unspecified atom stereocenters. The number of aliphatic hydroxyl groups excluding tert-OH is 3. The first-order chi connectivity index (χ1) is 15.7. The van der Waals surface area contributed by atoms with Crippen molar-refractivity contribution in [2.45, 2.75) is 123 Å². The van der Waals surface area contributed by atoms with Crippen molar-refractivity contribution in [2.75, 3.05) is 19.8 Å². The van der Waals surface area contributed by atoms with Gasteiger partial charge < -0.3 is 24.2 Å². The summed E-state index contributed by atoms with van der Waals surface area (Å²) in [5.41, 5.74) is 0. The lowest BCUT2D eigenvalue weighted by molar-refractivity contribution is -0.146. The van der Waals surface area contributed by atoms with Crippen molar-refractivity contribution in [2.24, 2.45) is 0 Å². The Hall–Kier alpha value is -0.780. The topological polar surface area (TPSA) is 140 Å².